The van der Waals surface area contributed by atoms with Crippen LogP contribution in [0.25, 0.3) is 0 Å². The van der Waals surface area contributed by atoms with Crippen LogP contribution in [-0.4, -0.2) is 40.9 Å². The highest BCUT2D eigenvalue weighted by molar-refractivity contribution is 5.71. The third-order valence-corrected chi connectivity index (χ3v) is 7.26. The fraction of sp³-hybridized carbons (Fsp3) is 0.407. The van der Waals surface area contributed by atoms with Crippen molar-refractivity contribution < 1.29 is 13.9 Å². The molecule has 6 heteroatoms. The van der Waals surface area contributed by atoms with E-state index in [-0.39, 0.29) is 17.8 Å². The molecule has 5 rings (SSSR count). The molecule has 33 heavy (non-hydrogen) atoms. The quantitative estimate of drug-likeness (QED) is 0.498. The van der Waals surface area contributed by atoms with Gasteiger partial charge in [0.25, 0.3) is 0 Å². The van der Waals surface area contributed by atoms with Gasteiger partial charge >= 0.3 is 0 Å². The highest BCUT2D eigenvalue weighted by Crippen LogP contribution is 2.42. The first kappa shape index (κ1) is 21.8. The summed E-state index contributed by atoms with van der Waals surface area (Å²) in [5.74, 6) is 2.17. The number of carbonyl (C=O) groups excluding carboxylic acids is 1. The molecular formula is C27H30FN3O2. The van der Waals surface area contributed by atoms with E-state index in [2.05, 4.69) is 44.8 Å². The van der Waals surface area contributed by atoms with E-state index < -0.39 is 0 Å². The summed E-state index contributed by atoms with van der Waals surface area (Å²) < 4.78 is 21.8. The molecule has 0 saturated carbocycles. The molecule has 2 aliphatic heterocycles. The van der Waals surface area contributed by atoms with Gasteiger partial charge < -0.3 is 9.30 Å². The molecule has 3 aromatic rings. The smallest absolute Gasteiger partial charge is 0.170 e. The fourth-order valence-electron chi connectivity index (χ4n) is 5.59. The molecule has 1 aromatic heterocycles. The maximum Gasteiger partial charge on any atom is 0.170 e. The summed E-state index contributed by atoms with van der Waals surface area (Å²) in [7, 11) is 1.63. The summed E-state index contributed by atoms with van der Waals surface area (Å²) in [5, 5.41) is 0. The minimum absolute atomic E-state index is 0.0869. The van der Waals surface area contributed by atoms with Crippen LogP contribution in [0.5, 0.6) is 5.75 Å². The summed E-state index contributed by atoms with van der Waals surface area (Å²) in [6.07, 6.45) is 6.87. The number of aldehydes is 1. The average Bonchev–Trinajstić information content (AvgIpc) is 3.28. The predicted octanol–water partition coefficient (Wildman–Crippen LogP) is 5.03. The maximum atomic E-state index is 14.1. The number of fused-ring (bicyclic) bond motifs is 1. The molecule has 1 fully saturated rings. The van der Waals surface area contributed by atoms with Gasteiger partial charge in [-0.1, -0.05) is 30.3 Å². The van der Waals surface area contributed by atoms with Crippen LogP contribution < -0.4 is 4.74 Å². The second kappa shape index (κ2) is 9.48. The van der Waals surface area contributed by atoms with Crippen LogP contribution in [0.15, 0.2) is 54.7 Å². The van der Waals surface area contributed by atoms with Crippen molar-refractivity contribution in [1.29, 1.82) is 0 Å². The summed E-state index contributed by atoms with van der Waals surface area (Å²) in [6.45, 7) is 2.66. The Labute approximate surface area is 194 Å². The monoisotopic (exact) mass is 447 g/mol. The van der Waals surface area contributed by atoms with Crippen molar-refractivity contribution in [3.63, 3.8) is 0 Å². The van der Waals surface area contributed by atoms with Crippen LogP contribution in [0.4, 0.5) is 4.39 Å². The Bertz CT molecular complexity index is 1110. The van der Waals surface area contributed by atoms with Gasteiger partial charge in [-0.25, -0.2) is 9.37 Å². The number of halogens is 1. The lowest BCUT2D eigenvalue weighted by atomic mass is 9.85. The second-order valence-electron chi connectivity index (χ2n) is 9.30. The normalized spacial score (nSPS) is 21.5. The Morgan fingerprint density at radius 3 is 2.67 bits per heavy atom. The molecule has 5 nitrogen and oxygen atoms in total. The number of carbonyl (C=O) groups is 1. The molecule has 0 N–H and O–H groups in total. The van der Waals surface area contributed by atoms with E-state index in [1.54, 1.807) is 19.2 Å². The number of ether oxygens (including phenoxy) is 1. The Kier molecular flexibility index (Phi) is 6.27. The molecule has 2 aromatic carbocycles. The van der Waals surface area contributed by atoms with E-state index in [0.717, 1.165) is 56.4 Å². The average molecular weight is 448 g/mol. The number of methoxy groups -OCH3 is 1. The Hall–Kier alpha value is -2.99. The van der Waals surface area contributed by atoms with Gasteiger partial charge in [0.15, 0.2) is 6.29 Å². The number of aromatic nitrogens is 2. The molecule has 2 atom stereocenters. The van der Waals surface area contributed by atoms with Crippen LogP contribution in [0, 0.1) is 11.7 Å². The zero-order chi connectivity index (χ0) is 22.8. The van der Waals surface area contributed by atoms with Crippen LogP contribution in [-0.2, 0) is 13.0 Å². The second-order valence-corrected chi connectivity index (χ2v) is 9.30. The number of hydrogen-bond acceptors (Lipinski definition) is 4. The number of benzene rings is 2. The highest BCUT2D eigenvalue weighted by Gasteiger charge is 2.36. The molecule has 1 saturated heterocycles. The van der Waals surface area contributed by atoms with E-state index in [0.29, 0.717) is 23.9 Å². The summed E-state index contributed by atoms with van der Waals surface area (Å²) in [6, 6.07) is 15.5. The van der Waals surface area contributed by atoms with Crippen molar-refractivity contribution in [1.82, 2.24) is 14.5 Å². The highest BCUT2D eigenvalue weighted by atomic mass is 19.1. The Balaban J connectivity index is 1.37. The van der Waals surface area contributed by atoms with Crippen molar-refractivity contribution in [2.24, 2.45) is 5.92 Å². The van der Waals surface area contributed by atoms with Crippen molar-refractivity contribution >= 4 is 6.29 Å². The van der Waals surface area contributed by atoms with Gasteiger partial charge in [-0.3, -0.25) is 9.69 Å². The predicted molar refractivity (Wildman–Crippen MR) is 125 cm³/mol. The van der Waals surface area contributed by atoms with Crippen LogP contribution in [0.2, 0.25) is 0 Å². The number of imidazole rings is 1. The summed E-state index contributed by atoms with van der Waals surface area (Å²) in [5.41, 5.74) is 2.74. The van der Waals surface area contributed by atoms with E-state index in [1.165, 1.54) is 11.6 Å². The van der Waals surface area contributed by atoms with Crippen LogP contribution in [0.1, 0.15) is 58.7 Å². The molecule has 0 radical (unpaired) electrons. The van der Waals surface area contributed by atoms with Gasteiger partial charge in [-0.05, 0) is 68.5 Å². The largest absolute Gasteiger partial charge is 0.496 e. The molecule has 3 heterocycles. The lowest BCUT2D eigenvalue weighted by Gasteiger charge is -2.41. The summed E-state index contributed by atoms with van der Waals surface area (Å²) in [4.78, 5) is 18.6. The van der Waals surface area contributed by atoms with E-state index in [4.69, 9.17) is 4.74 Å². The van der Waals surface area contributed by atoms with Crippen molar-refractivity contribution in [3.8, 4) is 5.75 Å². The van der Waals surface area contributed by atoms with Gasteiger partial charge in [0.05, 0.1) is 13.2 Å². The lowest BCUT2D eigenvalue weighted by Crippen LogP contribution is -2.41. The molecule has 0 bridgehead atoms. The molecule has 172 valence electrons. The SMILES string of the molecule is COc1ccc(F)cc1C1CC(N2CCC(Cc3ccccc3)CC2)c2nc(C=O)cn2C1. The van der Waals surface area contributed by atoms with E-state index >= 15 is 0 Å². The molecular weight excluding hydrogens is 417 g/mol. The molecule has 0 spiro atoms. The standard InChI is InChI=1S/C27H30FN3O2/c1-33-26-8-7-22(28)15-24(26)21-14-25(27-29-23(18-32)17-31(27)16-21)30-11-9-20(10-12-30)13-19-5-3-2-4-6-19/h2-8,15,17-18,20-21,25H,9-14,16H2,1H3. The van der Waals surface area contributed by atoms with E-state index in [1.807, 2.05) is 6.20 Å². The number of rotatable bonds is 6. The number of piperidine rings is 1. The maximum absolute atomic E-state index is 14.1. The van der Waals surface area contributed by atoms with Gasteiger partial charge in [-0.2, -0.15) is 0 Å². The molecule has 2 unspecified atom stereocenters. The van der Waals surface area contributed by atoms with Gasteiger partial charge in [0.2, 0.25) is 0 Å². The molecule has 0 aliphatic carbocycles. The zero-order valence-electron chi connectivity index (χ0n) is 19.0. The zero-order valence-corrected chi connectivity index (χ0v) is 19.0. The minimum atomic E-state index is -0.255. The first-order valence-corrected chi connectivity index (χ1v) is 11.8. The first-order valence-electron chi connectivity index (χ1n) is 11.8. The first-order chi connectivity index (χ1) is 16.1. The van der Waals surface area contributed by atoms with Gasteiger partial charge in [-0.15, -0.1) is 0 Å². The van der Waals surface area contributed by atoms with Gasteiger partial charge in [0.1, 0.15) is 23.1 Å². The molecule has 2 aliphatic rings. The van der Waals surface area contributed by atoms with Crippen molar-refractivity contribution in [2.45, 2.75) is 44.2 Å². The van der Waals surface area contributed by atoms with Crippen molar-refractivity contribution in [3.05, 3.63) is 83.2 Å². The Morgan fingerprint density at radius 2 is 1.94 bits per heavy atom. The fourth-order valence-corrected chi connectivity index (χ4v) is 5.59. The number of hydrogen-bond donors (Lipinski definition) is 0. The minimum Gasteiger partial charge on any atom is -0.496 e. The van der Waals surface area contributed by atoms with Crippen molar-refractivity contribution in [2.75, 3.05) is 20.2 Å². The third-order valence-electron chi connectivity index (χ3n) is 7.26. The number of nitrogens with zero attached hydrogens (tertiary/aromatic N) is 3. The third kappa shape index (κ3) is 4.58. The Morgan fingerprint density at radius 1 is 1.15 bits per heavy atom. The lowest BCUT2D eigenvalue weighted by molar-refractivity contribution is 0.102. The summed E-state index contributed by atoms with van der Waals surface area (Å²) >= 11 is 0. The van der Waals surface area contributed by atoms with Gasteiger partial charge in [0, 0.05) is 24.2 Å². The van der Waals surface area contributed by atoms with Crippen LogP contribution >= 0.6 is 0 Å². The van der Waals surface area contributed by atoms with Crippen LogP contribution in [0.3, 0.4) is 0 Å². The molecule has 0 amide bonds. The number of likely N-dealkylation sites (tertiary alicyclic amines) is 1. The van der Waals surface area contributed by atoms with E-state index in [9.17, 15) is 9.18 Å². The topological polar surface area (TPSA) is 47.4 Å².